The first-order chi connectivity index (χ1) is 7.79. The summed E-state index contributed by atoms with van der Waals surface area (Å²) >= 11 is 1.67. The van der Waals surface area contributed by atoms with Gasteiger partial charge in [-0.25, -0.2) is 0 Å². The predicted molar refractivity (Wildman–Crippen MR) is 64.9 cm³/mol. The highest BCUT2D eigenvalue weighted by Gasteiger charge is 2.02. The number of aromatic nitrogens is 3. The molecule has 0 bridgehead atoms. The van der Waals surface area contributed by atoms with Crippen LogP contribution in [0.15, 0.2) is 35.7 Å². The van der Waals surface area contributed by atoms with Crippen LogP contribution in [0.5, 0.6) is 0 Å². The third-order valence-corrected chi connectivity index (χ3v) is 3.37. The van der Waals surface area contributed by atoms with Gasteiger partial charge in [0.15, 0.2) is 5.16 Å². The fourth-order valence-electron chi connectivity index (χ4n) is 1.40. The molecular weight excluding hydrogens is 220 g/mol. The number of nitrogens with zero attached hydrogens (tertiary/aromatic N) is 3. The first-order valence-corrected chi connectivity index (χ1v) is 6.03. The number of thioether (sulfide) groups is 1. The molecule has 1 aromatic carbocycles. The van der Waals surface area contributed by atoms with Crippen molar-refractivity contribution in [2.45, 2.75) is 17.5 Å². The lowest BCUT2D eigenvalue weighted by Gasteiger charge is -2.03. The molecule has 1 heterocycles. The Labute approximate surface area is 98.9 Å². The normalized spacial score (nSPS) is 10.6. The number of aryl methyl sites for hydroxylation is 1. The van der Waals surface area contributed by atoms with Crippen molar-refractivity contribution >= 4 is 11.8 Å². The van der Waals surface area contributed by atoms with E-state index in [0.29, 0.717) is 6.54 Å². The molecule has 1 aromatic heterocycles. The molecule has 0 aliphatic heterocycles. The highest BCUT2D eigenvalue weighted by Crippen LogP contribution is 2.20. The van der Waals surface area contributed by atoms with E-state index in [9.17, 15) is 0 Å². The largest absolute Gasteiger partial charge is 0.326 e. The average molecular weight is 234 g/mol. The van der Waals surface area contributed by atoms with E-state index in [0.717, 1.165) is 16.5 Å². The molecule has 0 saturated carbocycles. The van der Waals surface area contributed by atoms with Crippen LogP contribution in [-0.2, 0) is 19.3 Å². The molecule has 4 nitrogen and oxygen atoms in total. The molecule has 2 N–H and O–H groups in total. The predicted octanol–water partition coefficient (Wildman–Crippen LogP) is 1.57. The number of hydrogen-bond acceptors (Lipinski definition) is 4. The molecule has 84 valence electrons. The standard InChI is InChI=1S/C11H14N4S/c1-15-8-13-14-11(15)16-7-10-4-2-3-9(5-10)6-12/h2-5,8H,6-7,12H2,1H3. The Morgan fingerprint density at radius 2 is 2.19 bits per heavy atom. The fraction of sp³-hybridized carbons (Fsp3) is 0.273. The zero-order chi connectivity index (χ0) is 11.4. The molecule has 2 aromatic rings. The topological polar surface area (TPSA) is 56.7 Å². The van der Waals surface area contributed by atoms with Gasteiger partial charge in [0, 0.05) is 19.3 Å². The van der Waals surface area contributed by atoms with Gasteiger partial charge in [0.1, 0.15) is 6.33 Å². The van der Waals surface area contributed by atoms with E-state index >= 15 is 0 Å². The van der Waals surface area contributed by atoms with Gasteiger partial charge in [-0.1, -0.05) is 36.0 Å². The molecule has 0 spiro atoms. The molecule has 0 saturated heterocycles. The molecule has 0 unspecified atom stereocenters. The SMILES string of the molecule is Cn1cnnc1SCc1cccc(CN)c1. The van der Waals surface area contributed by atoms with Gasteiger partial charge in [0.05, 0.1) is 0 Å². The van der Waals surface area contributed by atoms with Crippen LogP contribution in [0, 0.1) is 0 Å². The van der Waals surface area contributed by atoms with Crippen LogP contribution in [0.4, 0.5) is 0 Å². The number of hydrogen-bond donors (Lipinski definition) is 1. The molecule has 2 rings (SSSR count). The first kappa shape index (κ1) is 11.2. The lowest BCUT2D eigenvalue weighted by molar-refractivity contribution is 0.788. The van der Waals surface area contributed by atoms with Gasteiger partial charge >= 0.3 is 0 Å². The summed E-state index contributed by atoms with van der Waals surface area (Å²) < 4.78 is 1.91. The number of benzene rings is 1. The quantitative estimate of drug-likeness (QED) is 0.816. The summed E-state index contributed by atoms with van der Waals surface area (Å²) in [7, 11) is 1.94. The molecule has 0 amide bonds. The molecule has 0 fully saturated rings. The van der Waals surface area contributed by atoms with Crippen molar-refractivity contribution in [3.8, 4) is 0 Å². The van der Waals surface area contributed by atoms with Gasteiger partial charge in [-0.2, -0.15) is 0 Å². The summed E-state index contributed by atoms with van der Waals surface area (Å²) in [5.74, 6) is 0.889. The molecule has 5 heteroatoms. The summed E-state index contributed by atoms with van der Waals surface area (Å²) in [6.07, 6.45) is 1.71. The average Bonchev–Trinajstić information content (AvgIpc) is 2.72. The Morgan fingerprint density at radius 3 is 2.88 bits per heavy atom. The maximum atomic E-state index is 5.60. The van der Waals surface area contributed by atoms with E-state index in [1.54, 1.807) is 18.1 Å². The first-order valence-electron chi connectivity index (χ1n) is 5.04. The summed E-state index contributed by atoms with van der Waals surface area (Å²) in [6.45, 7) is 0.586. The summed E-state index contributed by atoms with van der Waals surface area (Å²) in [6, 6.07) is 8.30. The van der Waals surface area contributed by atoms with Crippen molar-refractivity contribution in [3.63, 3.8) is 0 Å². The van der Waals surface area contributed by atoms with Crippen LogP contribution < -0.4 is 5.73 Å². The smallest absolute Gasteiger partial charge is 0.191 e. The second-order valence-electron chi connectivity index (χ2n) is 3.54. The maximum absolute atomic E-state index is 5.60. The van der Waals surface area contributed by atoms with Gasteiger partial charge < -0.3 is 10.3 Å². The summed E-state index contributed by atoms with van der Waals surface area (Å²) in [4.78, 5) is 0. The summed E-state index contributed by atoms with van der Waals surface area (Å²) in [5.41, 5.74) is 8.02. The Kier molecular flexibility index (Phi) is 3.58. The van der Waals surface area contributed by atoms with Crippen LogP contribution in [0.3, 0.4) is 0 Å². The van der Waals surface area contributed by atoms with Crippen LogP contribution in [0.25, 0.3) is 0 Å². The molecule has 16 heavy (non-hydrogen) atoms. The Hall–Kier alpha value is -1.33. The second-order valence-corrected chi connectivity index (χ2v) is 4.48. The van der Waals surface area contributed by atoms with Crippen molar-refractivity contribution in [3.05, 3.63) is 41.7 Å². The number of nitrogens with two attached hydrogens (primary N) is 1. The fourth-order valence-corrected chi connectivity index (χ4v) is 2.23. The zero-order valence-electron chi connectivity index (χ0n) is 9.13. The Morgan fingerprint density at radius 1 is 1.38 bits per heavy atom. The minimum atomic E-state index is 0.586. The van der Waals surface area contributed by atoms with E-state index in [1.165, 1.54) is 5.56 Å². The van der Waals surface area contributed by atoms with Gasteiger partial charge in [-0.05, 0) is 11.1 Å². The van der Waals surface area contributed by atoms with Crippen molar-refractivity contribution in [2.75, 3.05) is 0 Å². The molecule has 0 radical (unpaired) electrons. The molecule has 0 atom stereocenters. The van der Waals surface area contributed by atoms with Gasteiger partial charge in [0.2, 0.25) is 0 Å². The van der Waals surface area contributed by atoms with Crippen LogP contribution in [-0.4, -0.2) is 14.8 Å². The monoisotopic (exact) mass is 234 g/mol. The lowest BCUT2D eigenvalue weighted by Crippen LogP contribution is -1.96. The van der Waals surface area contributed by atoms with E-state index in [-0.39, 0.29) is 0 Å². The highest BCUT2D eigenvalue weighted by atomic mass is 32.2. The minimum Gasteiger partial charge on any atom is -0.326 e. The third kappa shape index (κ3) is 2.62. The van der Waals surface area contributed by atoms with E-state index in [4.69, 9.17) is 5.73 Å². The van der Waals surface area contributed by atoms with Crippen molar-refractivity contribution in [1.29, 1.82) is 0 Å². The van der Waals surface area contributed by atoms with Gasteiger partial charge in [0.25, 0.3) is 0 Å². The highest BCUT2D eigenvalue weighted by molar-refractivity contribution is 7.98. The maximum Gasteiger partial charge on any atom is 0.191 e. The molecule has 0 aliphatic carbocycles. The van der Waals surface area contributed by atoms with Crippen LogP contribution in [0.2, 0.25) is 0 Å². The van der Waals surface area contributed by atoms with Crippen molar-refractivity contribution in [1.82, 2.24) is 14.8 Å². The van der Waals surface area contributed by atoms with Crippen molar-refractivity contribution < 1.29 is 0 Å². The van der Waals surface area contributed by atoms with E-state index < -0.39 is 0 Å². The third-order valence-electron chi connectivity index (χ3n) is 2.26. The number of rotatable bonds is 4. The lowest BCUT2D eigenvalue weighted by atomic mass is 10.1. The molecule has 0 aliphatic rings. The van der Waals surface area contributed by atoms with Crippen LogP contribution >= 0.6 is 11.8 Å². The zero-order valence-corrected chi connectivity index (χ0v) is 9.94. The van der Waals surface area contributed by atoms with Crippen LogP contribution in [0.1, 0.15) is 11.1 Å². The molecular formula is C11H14N4S. The second kappa shape index (κ2) is 5.14. The summed E-state index contributed by atoms with van der Waals surface area (Å²) in [5, 5.41) is 8.79. The van der Waals surface area contributed by atoms with E-state index in [1.807, 2.05) is 23.7 Å². The Balaban J connectivity index is 2.02. The minimum absolute atomic E-state index is 0.586. The van der Waals surface area contributed by atoms with E-state index in [2.05, 4.69) is 22.3 Å². The Bertz CT molecular complexity index is 467. The van der Waals surface area contributed by atoms with Gasteiger partial charge in [-0.15, -0.1) is 10.2 Å². The van der Waals surface area contributed by atoms with Crippen molar-refractivity contribution in [2.24, 2.45) is 12.8 Å². The van der Waals surface area contributed by atoms with Gasteiger partial charge in [-0.3, -0.25) is 0 Å².